The first-order valence-corrected chi connectivity index (χ1v) is 7.62. The molecule has 0 aliphatic carbocycles. The smallest absolute Gasteiger partial charge is 0.255 e. The molecular formula is C18H19FN2O3. The number of aliphatic imine (C=N–C) groups is 1. The number of carbonyl (C=O) groups is 1. The van der Waals surface area contributed by atoms with Gasteiger partial charge in [-0.2, -0.15) is 0 Å². The van der Waals surface area contributed by atoms with Crippen LogP contribution in [0.2, 0.25) is 0 Å². The number of aromatic hydroxyl groups is 2. The zero-order valence-corrected chi connectivity index (χ0v) is 13.1. The third kappa shape index (κ3) is 5.08. The lowest BCUT2D eigenvalue weighted by Gasteiger charge is -2.06. The summed E-state index contributed by atoms with van der Waals surface area (Å²) >= 11 is 0. The molecule has 5 nitrogen and oxygen atoms in total. The standard InChI is InChI=1S/C18H19FN2O3/c19-14-7-8-16(22)13(11-14)12-20-9-3-4-10-21-18(24)15-5-1-2-6-17(15)23/h1-2,5-8,11-12,22-23H,3-4,9-10H2,(H,21,24). The molecular weight excluding hydrogens is 311 g/mol. The Morgan fingerprint density at radius 3 is 2.71 bits per heavy atom. The number of hydrogen-bond donors (Lipinski definition) is 3. The summed E-state index contributed by atoms with van der Waals surface area (Å²) in [6, 6.07) is 10.0. The van der Waals surface area contributed by atoms with Crippen LogP contribution in [0.1, 0.15) is 28.8 Å². The average Bonchev–Trinajstić information content (AvgIpc) is 2.57. The van der Waals surface area contributed by atoms with Crippen molar-refractivity contribution in [3.8, 4) is 11.5 Å². The lowest BCUT2D eigenvalue weighted by molar-refractivity contribution is 0.0950. The second-order valence-corrected chi connectivity index (χ2v) is 5.22. The van der Waals surface area contributed by atoms with Crippen LogP contribution >= 0.6 is 0 Å². The highest BCUT2D eigenvalue weighted by molar-refractivity contribution is 5.96. The molecule has 24 heavy (non-hydrogen) atoms. The van der Waals surface area contributed by atoms with E-state index in [9.17, 15) is 19.4 Å². The van der Waals surface area contributed by atoms with Crippen molar-refractivity contribution in [1.82, 2.24) is 5.32 Å². The summed E-state index contributed by atoms with van der Waals surface area (Å²) in [5, 5.41) is 21.8. The molecule has 2 rings (SSSR count). The van der Waals surface area contributed by atoms with Gasteiger partial charge in [0.2, 0.25) is 0 Å². The number of hydrogen-bond acceptors (Lipinski definition) is 4. The maximum atomic E-state index is 13.0. The Bertz CT molecular complexity index is 732. The van der Waals surface area contributed by atoms with E-state index in [0.29, 0.717) is 25.1 Å². The van der Waals surface area contributed by atoms with E-state index in [1.165, 1.54) is 30.5 Å². The summed E-state index contributed by atoms with van der Waals surface area (Å²) in [5.41, 5.74) is 0.583. The van der Waals surface area contributed by atoms with Gasteiger partial charge in [-0.05, 0) is 43.2 Å². The minimum Gasteiger partial charge on any atom is -0.507 e. The van der Waals surface area contributed by atoms with Crippen LogP contribution in [0, 0.1) is 5.82 Å². The summed E-state index contributed by atoms with van der Waals surface area (Å²) in [6.45, 7) is 0.969. The fourth-order valence-corrected chi connectivity index (χ4v) is 2.08. The molecule has 6 heteroatoms. The molecule has 0 saturated carbocycles. The van der Waals surface area contributed by atoms with E-state index in [0.717, 1.165) is 6.42 Å². The van der Waals surface area contributed by atoms with Crippen LogP contribution in [0.3, 0.4) is 0 Å². The van der Waals surface area contributed by atoms with Crippen LogP contribution in [0.25, 0.3) is 0 Å². The second-order valence-electron chi connectivity index (χ2n) is 5.22. The lowest BCUT2D eigenvalue weighted by Crippen LogP contribution is -2.24. The van der Waals surface area contributed by atoms with Crippen LogP contribution < -0.4 is 5.32 Å². The summed E-state index contributed by atoms with van der Waals surface area (Å²) in [6.07, 6.45) is 2.87. The zero-order valence-electron chi connectivity index (χ0n) is 13.1. The maximum Gasteiger partial charge on any atom is 0.255 e. The quantitative estimate of drug-likeness (QED) is 0.539. The highest BCUT2D eigenvalue weighted by Crippen LogP contribution is 2.16. The number of rotatable bonds is 7. The van der Waals surface area contributed by atoms with Crippen LogP contribution in [0.4, 0.5) is 4.39 Å². The third-order valence-electron chi connectivity index (χ3n) is 3.37. The first kappa shape index (κ1) is 17.5. The summed E-state index contributed by atoms with van der Waals surface area (Å²) < 4.78 is 13.0. The monoisotopic (exact) mass is 330 g/mol. The molecule has 0 aromatic heterocycles. The van der Waals surface area contributed by atoms with Crippen molar-refractivity contribution in [2.24, 2.45) is 4.99 Å². The van der Waals surface area contributed by atoms with Gasteiger partial charge in [0.25, 0.3) is 5.91 Å². The van der Waals surface area contributed by atoms with Crippen molar-refractivity contribution in [2.45, 2.75) is 12.8 Å². The van der Waals surface area contributed by atoms with Crippen LogP contribution in [0.15, 0.2) is 47.5 Å². The molecule has 0 spiro atoms. The average molecular weight is 330 g/mol. The molecule has 3 N–H and O–H groups in total. The molecule has 0 aliphatic rings. The Morgan fingerprint density at radius 1 is 1.12 bits per heavy atom. The summed E-state index contributed by atoms with van der Waals surface area (Å²) in [5.74, 6) is -0.813. The van der Waals surface area contributed by atoms with Gasteiger partial charge in [0.1, 0.15) is 17.3 Å². The van der Waals surface area contributed by atoms with Crippen molar-refractivity contribution in [3.63, 3.8) is 0 Å². The molecule has 0 bridgehead atoms. The Hall–Kier alpha value is -2.89. The van der Waals surface area contributed by atoms with Gasteiger partial charge in [0.05, 0.1) is 5.56 Å². The first-order chi connectivity index (χ1) is 11.6. The van der Waals surface area contributed by atoms with Crippen molar-refractivity contribution in [2.75, 3.05) is 13.1 Å². The number of amides is 1. The number of phenolic OH excluding ortho intramolecular Hbond substituents is 2. The topological polar surface area (TPSA) is 81.9 Å². The lowest BCUT2D eigenvalue weighted by atomic mass is 10.2. The molecule has 1 amide bonds. The largest absolute Gasteiger partial charge is 0.507 e. The van der Waals surface area contributed by atoms with Gasteiger partial charge in [0.15, 0.2) is 0 Å². The molecule has 2 aromatic carbocycles. The van der Waals surface area contributed by atoms with Crippen LogP contribution in [-0.4, -0.2) is 35.4 Å². The van der Waals surface area contributed by atoms with Crippen molar-refractivity contribution >= 4 is 12.1 Å². The fraction of sp³-hybridized carbons (Fsp3) is 0.222. The van der Waals surface area contributed by atoms with E-state index in [-0.39, 0.29) is 23.0 Å². The zero-order chi connectivity index (χ0) is 17.4. The number of nitrogens with one attached hydrogen (secondary N) is 1. The van der Waals surface area contributed by atoms with Crippen molar-refractivity contribution in [3.05, 3.63) is 59.4 Å². The van der Waals surface area contributed by atoms with E-state index >= 15 is 0 Å². The van der Waals surface area contributed by atoms with Gasteiger partial charge in [-0.1, -0.05) is 12.1 Å². The molecule has 0 unspecified atom stereocenters. The van der Waals surface area contributed by atoms with E-state index < -0.39 is 5.82 Å². The molecule has 0 heterocycles. The molecule has 0 fully saturated rings. The van der Waals surface area contributed by atoms with Gasteiger partial charge in [-0.15, -0.1) is 0 Å². The molecule has 126 valence electrons. The van der Waals surface area contributed by atoms with E-state index in [4.69, 9.17) is 0 Å². The van der Waals surface area contributed by atoms with Gasteiger partial charge < -0.3 is 15.5 Å². The number of phenols is 2. The van der Waals surface area contributed by atoms with Crippen molar-refractivity contribution in [1.29, 1.82) is 0 Å². The number of unbranched alkanes of at least 4 members (excludes halogenated alkanes) is 1. The number of halogens is 1. The molecule has 2 aromatic rings. The fourth-order valence-electron chi connectivity index (χ4n) is 2.08. The van der Waals surface area contributed by atoms with Gasteiger partial charge in [-0.3, -0.25) is 9.79 Å². The van der Waals surface area contributed by atoms with Gasteiger partial charge in [0, 0.05) is 24.9 Å². The first-order valence-electron chi connectivity index (χ1n) is 7.62. The Balaban J connectivity index is 1.68. The molecule has 0 radical (unpaired) electrons. The maximum absolute atomic E-state index is 13.0. The van der Waals surface area contributed by atoms with E-state index in [1.54, 1.807) is 18.2 Å². The predicted molar refractivity (Wildman–Crippen MR) is 90.2 cm³/mol. The Labute approximate surface area is 139 Å². The SMILES string of the molecule is O=C(NCCCCN=Cc1cc(F)ccc1O)c1ccccc1O. The minimum absolute atomic E-state index is 0.0184. The van der Waals surface area contributed by atoms with Gasteiger partial charge in [-0.25, -0.2) is 4.39 Å². The Kier molecular flexibility index (Phi) is 6.31. The third-order valence-corrected chi connectivity index (χ3v) is 3.37. The minimum atomic E-state index is -0.430. The van der Waals surface area contributed by atoms with Gasteiger partial charge >= 0.3 is 0 Å². The Morgan fingerprint density at radius 2 is 1.92 bits per heavy atom. The van der Waals surface area contributed by atoms with Crippen LogP contribution in [0.5, 0.6) is 11.5 Å². The highest BCUT2D eigenvalue weighted by atomic mass is 19.1. The van der Waals surface area contributed by atoms with Crippen LogP contribution in [-0.2, 0) is 0 Å². The van der Waals surface area contributed by atoms with E-state index in [2.05, 4.69) is 10.3 Å². The van der Waals surface area contributed by atoms with Crippen molar-refractivity contribution < 1.29 is 19.4 Å². The number of carbonyl (C=O) groups excluding carboxylic acids is 1. The highest BCUT2D eigenvalue weighted by Gasteiger charge is 2.08. The normalized spacial score (nSPS) is 10.9. The van der Waals surface area contributed by atoms with E-state index in [1.807, 2.05) is 0 Å². The predicted octanol–water partition coefficient (Wildman–Crippen LogP) is 2.87. The molecule has 0 aliphatic heterocycles. The molecule has 0 atom stereocenters. The second kappa shape index (κ2) is 8.67. The molecule has 0 saturated heterocycles. The number of benzene rings is 2. The number of para-hydroxylation sites is 1. The summed E-state index contributed by atoms with van der Waals surface area (Å²) in [4.78, 5) is 16.0. The summed E-state index contributed by atoms with van der Waals surface area (Å²) in [7, 11) is 0. The number of nitrogens with zero attached hydrogens (tertiary/aromatic N) is 1.